The summed E-state index contributed by atoms with van der Waals surface area (Å²) in [6.07, 6.45) is 6.16. The molecule has 196 valence electrons. The van der Waals surface area contributed by atoms with E-state index in [1.165, 1.54) is 18.2 Å². The number of aromatic nitrogens is 2. The Morgan fingerprint density at radius 3 is 2.65 bits per heavy atom. The summed E-state index contributed by atoms with van der Waals surface area (Å²) in [5.74, 6) is 1.19. The molecule has 0 N–H and O–H groups in total. The predicted octanol–water partition coefficient (Wildman–Crippen LogP) is 6.19. The Bertz CT molecular complexity index is 1380. The van der Waals surface area contributed by atoms with E-state index >= 15 is 0 Å². The Kier molecular flexibility index (Phi) is 9.02. The van der Waals surface area contributed by atoms with E-state index in [9.17, 15) is 9.59 Å². The minimum absolute atomic E-state index is 0.171. The first-order chi connectivity index (χ1) is 17.8. The molecule has 10 heteroatoms. The number of hydrogen-bond donors (Lipinski definition) is 0. The predicted molar refractivity (Wildman–Crippen MR) is 150 cm³/mol. The first-order valence-electron chi connectivity index (χ1n) is 12.3. The standard InChI is InChI=1S/C27H29Br2N3O5/c1-4-36-27(34)16(2)37-24-14-21(29)18(12-23(24)35-3)15-30-32-25(17-8-6-5-7-9-17)31-22-11-10-19(28)13-20(22)26(32)33/h10-17H,4-9H2,1-3H3/t16-/m0/s1. The van der Waals surface area contributed by atoms with Crippen LogP contribution in [0.1, 0.15) is 63.3 Å². The van der Waals surface area contributed by atoms with Gasteiger partial charge in [0.1, 0.15) is 5.82 Å². The Labute approximate surface area is 232 Å². The number of nitrogens with zero attached hydrogens (tertiary/aromatic N) is 3. The molecule has 1 atom stereocenters. The highest BCUT2D eigenvalue weighted by Gasteiger charge is 2.23. The van der Waals surface area contributed by atoms with E-state index in [1.807, 2.05) is 12.1 Å². The van der Waals surface area contributed by atoms with Gasteiger partial charge in [0.15, 0.2) is 17.6 Å². The van der Waals surface area contributed by atoms with Crippen LogP contribution in [0.5, 0.6) is 11.5 Å². The van der Waals surface area contributed by atoms with Gasteiger partial charge in [-0.15, -0.1) is 0 Å². The SMILES string of the molecule is CCOC(=O)[C@H](C)Oc1cc(Br)c(C=Nn2c(C3CCCCC3)nc3ccc(Br)cc3c2=O)cc1OC. The topological polar surface area (TPSA) is 92.0 Å². The van der Waals surface area contributed by atoms with Crippen molar-refractivity contribution >= 4 is 54.9 Å². The van der Waals surface area contributed by atoms with Gasteiger partial charge in [-0.1, -0.05) is 35.2 Å². The van der Waals surface area contributed by atoms with Crippen LogP contribution >= 0.6 is 31.9 Å². The molecule has 0 aliphatic heterocycles. The van der Waals surface area contributed by atoms with E-state index < -0.39 is 12.1 Å². The number of carbonyl (C=O) groups excluding carboxylic acids is 1. The van der Waals surface area contributed by atoms with Crippen molar-refractivity contribution < 1.29 is 19.0 Å². The maximum atomic E-state index is 13.6. The summed E-state index contributed by atoms with van der Waals surface area (Å²) in [5.41, 5.74) is 1.12. The molecule has 1 aliphatic rings. The molecule has 1 aliphatic carbocycles. The fourth-order valence-corrected chi connectivity index (χ4v) is 5.21. The summed E-state index contributed by atoms with van der Waals surface area (Å²) in [6, 6.07) is 8.96. The minimum atomic E-state index is -0.806. The molecule has 1 saturated carbocycles. The summed E-state index contributed by atoms with van der Waals surface area (Å²) < 4.78 is 19.2. The number of fused-ring (bicyclic) bond motifs is 1. The van der Waals surface area contributed by atoms with Gasteiger partial charge in [0.25, 0.3) is 5.56 Å². The largest absolute Gasteiger partial charge is 0.493 e. The van der Waals surface area contributed by atoms with Gasteiger partial charge >= 0.3 is 5.97 Å². The van der Waals surface area contributed by atoms with Gasteiger partial charge in [-0.2, -0.15) is 9.78 Å². The molecule has 0 spiro atoms. The Balaban J connectivity index is 1.73. The van der Waals surface area contributed by atoms with E-state index in [0.29, 0.717) is 38.3 Å². The van der Waals surface area contributed by atoms with Crippen molar-refractivity contribution in [3.05, 3.63) is 61.0 Å². The highest BCUT2D eigenvalue weighted by atomic mass is 79.9. The van der Waals surface area contributed by atoms with Crippen LogP contribution in [0, 0.1) is 0 Å². The van der Waals surface area contributed by atoms with Gasteiger partial charge in [-0.25, -0.2) is 9.78 Å². The van der Waals surface area contributed by atoms with E-state index in [4.69, 9.17) is 19.2 Å². The van der Waals surface area contributed by atoms with Crippen LogP contribution in [-0.4, -0.2) is 41.7 Å². The molecule has 2 aromatic carbocycles. The van der Waals surface area contributed by atoms with Crippen molar-refractivity contribution in [3.8, 4) is 11.5 Å². The maximum Gasteiger partial charge on any atom is 0.347 e. The molecule has 4 rings (SSSR count). The van der Waals surface area contributed by atoms with Crippen LogP contribution < -0.4 is 15.0 Å². The van der Waals surface area contributed by atoms with Gasteiger partial charge in [-0.05, 0) is 73.0 Å². The number of halogens is 2. The smallest absolute Gasteiger partial charge is 0.347 e. The lowest BCUT2D eigenvalue weighted by Gasteiger charge is -2.22. The molecule has 0 bridgehead atoms. The maximum absolute atomic E-state index is 13.6. The van der Waals surface area contributed by atoms with E-state index in [-0.39, 0.29) is 18.1 Å². The summed E-state index contributed by atoms with van der Waals surface area (Å²) >= 11 is 7.01. The number of esters is 1. The second-order valence-electron chi connectivity index (χ2n) is 8.86. The highest BCUT2D eigenvalue weighted by Crippen LogP contribution is 2.34. The summed E-state index contributed by atoms with van der Waals surface area (Å²) in [6.45, 7) is 3.63. The summed E-state index contributed by atoms with van der Waals surface area (Å²) in [5, 5.41) is 5.11. The van der Waals surface area contributed by atoms with Crippen molar-refractivity contribution in [2.24, 2.45) is 5.10 Å². The molecular weight excluding hydrogens is 606 g/mol. The van der Waals surface area contributed by atoms with Crippen molar-refractivity contribution in [2.45, 2.75) is 58.0 Å². The number of carbonyl (C=O) groups is 1. The van der Waals surface area contributed by atoms with E-state index in [2.05, 4.69) is 37.0 Å². The molecule has 37 heavy (non-hydrogen) atoms. The van der Waals surface area contributed by atoms with Crippen LogP contribution in [0.2, 0.25) is 0 Å². The monoisotopic (exact) mass is 633 g/mol. The Morgan fingerprint density at radius 1 is 1.19 bits per heavy atom. The molecule has 0 radical (unpaired) electrons. The Morgan fingerprint density at radius 2 is 1.95 bits per heavy atom. The fourth-order valence-electron chi connectivity index (χ4n) is 4.42. The number of benzene rings is 2. The quantitative estimate of drug-likeness (QED) is 0.217. The van der Waals surface area contributed by atoms with Crippen LogP contribution in [-0.2, 0) is 9.53 Å². The van der Waals surface area contributed by atoms with Gasteiger partial charge in [0.2, 0.25) is 0 Å². The van der Waals surface area contributed by atoms with Crippen molar-refractivity contribution in [1.29, 1.82) is 0 Å². The number of rotatable bonds is 8. The van der Waals surface area contributed by atoms with Crippen LogP contribution in [0.3, 0.4) is 0 Å². The van der Waals surface area contributed by atoms with Crippen molar-refractivity contribution in [2.75, 3.05) is 13.7 Å². The summed E-state index contributed by atoms with van der Waals surface area (Å²) in [4.78, 5) is 30.4. The molecule has 1 aromatic heterocycles. The average molecular weight is 635 g/mol. The summed E-state index contributed by atoms with van der Waals surface area (Å²) in [7, 11) is 1.52. The first-order valence-corrected chi connectivity index (χ1v) is 13.9. The molecule has 1 fully saturated rings. The Hall–Kier alpha value is -2.72. The average Bonchev–Trinajstić information content (AvgIpc) is 2.90. The molecule has 1 heterocycles. The second-order valence-corrected chi connectivity index (χ2v) is 10.6. The normalized spacial score (nSPS) is 15.2. The van der Waals surface area contributed by atoms with Gasteiger partial charge in [0, 0.05) is 20.4 Å². The molecule has 0 unspecified atom stereocenters. The van der Waals surface area contributed by atoms with Crippen LogP contribution in [0.15, 0.2) is 49.2 Å². The lowest BCUT2D eigenvalue weighted by Crippen LogP contribution is -2.26. The van der Waals surface area contributed by atoms with Gasteiger partial charge in [0.05, 0.1) is 30.8 Å². The zero-order valence-corrected chi connectivity index (χ0v) is 24.2. The van der Waals surface area contributed by atoms with Crippen molar-refractivity contribution in [3.63, 3.8) is 0 Å². The lowest BCUT2D eigenvalue weighted by atomic mass is 9.88. The number of ether oxygens (including phenoxy) is 3. The van der Waals surface area contributed by atoms with Crippen LogP contribution in [0.4, 0.5) is 0 Å². The molecule has 0 saturated heterocycles. The first kappa shape index (κ1) is 27.3. The zero-order chi connectivity index (χ0) is 26.5. The fraction of sp³-hybridized carbons (Fsp3) is 0.407. The molecular formula is C27H29Br2N3O5. The van der Waals surface area contributed by atoms with Gasteiger partial charge < -0.3 is 14.2 Å². The molecule has 3 aromatic rings. The number of methoxy groups -OCH3 is 1. The molecule has 0 amide bonds. The lowest BCUT2D eigenvalue weighted by molar-refractivity contribution is -0.150. The highest BCUT2D eigenvalue weighted by molar-refractivity contribution is 9.10. The van der Waals surface area contributed by atoms with Crippen molar-refractivity contribution in [1.82, 2.24) is 9.66 Å². The third-order valence-corrected chi connectivity index (χ3v) is 7.50. The third-order valence-electron chi connectivity index (χ3n) is 6.32. The zero-order valence-electron chi connectivity index (χ0n) is 21.0. The molecule has 8 nitrogen and oxygen atoms in total. The number of hydrogen-bond acceptors (Lipinski definition) is 7. The third kappa shape index (κ3) is 6.23. The second kappa shape index (κ2) is 12.2. The van der Waals surface area contributed by atoms with Gasteiger partial charge in [-0.3, -0.25) is 4.79 Å². The van der Waals surface area contributed by atoms with E-state index in [1.54, 1.807) is 38.3 Å². The van der Waals surface area contributed by atoms with Crippen LogP contribution in [0.25, 0.3) is 10.9 Å². The minimum Gasteiger partial charge on any atom is -0.493 e. The van der Waals surface area contributed by atoms with E-state index in [0.717, 1.165) is 30.2 Å².